The summed E-state index contributed by atoms with van der Waals surface area (Å²) < 4.78 is 10.4. The standard InChI is InChI=1S/C52H33GeN3S/c1-4-17-34(18-5-1)48-47-43-27-10-13-28-44(43)53(36-20-6-2-7-21-36,37-22-8-3-9-23-37)51(47)55-52(54-48)35-19-16-24-38(33-35)56-45-29-14-11-25-39(45)41-31-32-42-40-26-12-15-30-46(40)57-50(42)49(41)56/h1-33H. The van der Waals surface area contributed by atoms with E-state index in [9.17, 15) is 0 Å². The molecule has 12 rings (SSSR count). The molecule has 0 saturated carbocycles. The molecule has 0 radical (unpaired) electrons. The predicted molar refractivity (Wildman–Crippen MR) is 243 cm³/mol. The molecule has 8 aromatic carbocycles. The molecule has 4 heterocycles. The molecule has 57 heavy (non-hydrogen) atoms. The number of thiophene rings is 1. The zero-order valence-corrected chi connectivity index (χ0v) is 33.7. The zero-order chi connectivity index (χ0) is 37.5. The maximum atomic E-state index is 5.82. The summed E-state index contributed by atoms with van der Waals surface area (Å²) in [5, 5.41) is 5.11. The summed E-state index contributed by atoms with van der Waals surface area (Å²) in [4.78, 5) is 11.4. The number of rotatable bonds is 5. The van der Waals surface area contributed by atoms with E-state index in [1.807, 2.05) is 11.3 Å². The molecule has 0 unspecified atom stereocenters. The fourth-order valence-electron chi connectivity index (χ4n) is 9.49. The average Bonchev–Trinajstić information content (AvgIpc) is 3.94. The van der Waals surface area contributed by atoms with Crippen molar-refractivity contribution >= 4 is 84.3 Å². The van der Waals surface area contributed by atoms with Gasteiger partial charge < -0.3 is 0 Å². The van der Waals surface area contributed by atoms with Gasteiger partial charge in [0.1, 0.15) is 0 Å². The Bertz CT molecular complexity index is 3310. The van der Waals surface area contributed by atoms with Crippen LogP contribution in [0.15, 0.2) is 200 Å². The first kappa shape index (κ1) is 32.6. The van der Waals surface area contributed by atoms with Gasteiger partial charge in [0, 0.05) is 0 Å². The second-order valence-electron chi connectivity index (χ2n) is 14.9. The van der Waals surface area contributed by atoms with Gasteiger partial charge in [-0.05, 0) is 0 Å². The maximum absolute atomic E-state index is 5.82. The Hall–Kier alpha value is -6.60. The molecule has 0 amide bonds. The SMILES string of the molecule is c1ccc(-c2nc(-c3cccc(-n4c5ccccc5c5ccc6c7ccccc7sc6c54)c3)n[c]3c2-c2cccc[c]2[Ge]3([c]2ccccc2)[c]2ccccc2)cc1. The van der Waals surface area contributed by atoms with E-state index >= 15 is 0 Å². The van der Waals surface area contributed by atoms with Crippen LogP contribution in [0.4, 0.5) is 0 Å². The van der Waals surface area contributed by atoms with Crippen molar-refractivity contribution in [3.63, 3.8) is 0 Å². The van der Waals surface area contributed by atoms with Gasteiger partial charge >= 0.3 is 326 Å². The molecule has 5 heteroatoms. The molecule has 11 aromatic rings. The van der Waals surface area contributed by atoms with Crippen LogP contribution in [0.25, 0.3) is 81.4 Å². The molecule has 0 atom stereocenters. The number of para-hydroxylation sites is 1. The van der Waals surface area contributed by atoms with Gasteiger partial charge in [-0.15, -0.1) is 0 Å². The van der Waals surface area contributed by atoms with Crippen molar-refractivity contribution in [2.24, 2.45) is 0 Å². The Labute approximate surface area is 336 Å². The first-order chi connectivity index (χ1) is 28.3. The Morgan fingerprint density at radius 2 is 1.11 bits per heavy atom. The van der Waals surface area contributed by atoms with Gasteiger partial charge in [0.15, 0.2) is 0 Å². The predicted octanol–water partition coefficient (Wildman–Crippen LogP) is 10.6. The van der Waals surface area contributed by atoms with E-state index in [2.05, 4.69) is 205 Å². The summed E-state index contributed by atoms with van der Waals surface area (Å²) in [6.07, 6.45) is 0. The zero-order valence-electron chi connectivity index (χ0n) is 30.8. The molecular weight excluding hydrogens is 771 g/mol. The van der Waals surface area contributed by atoms with Crippen molar-refractivity contribution in [3.8, 4) is 39.5 Å². The van der Waals surface area contributed by atoms with Gasteiger partial charge in [-0.2, -0.15) is 0 Å². The molecule has 0 spiro atoms. The van der Waals surface area contributed by atoms with Crippen LogP contribution in [0.2, 0.25) is 0 Å². The summed E-state index contributed by atoms with van der Waals surface area (Å²) in [6, 6.07) is 73.2. The fraction of sp³-hybridized carbons (Fsp3) is 0. The summed E-state index contributed by atoms with van der Waals surface area (Å²) in [6.45, 7) is 0. The molecule has 1 aliphatic rings. The average molecular weight is 805 g/mol. The van der Waals surface area contributed by atoms with Gasteiger partial charge in [-0.3, -0.25) is 0 Å². The molecule has 0 saturated heterocycles. The van der Waals surface area contributed by atoms with Gasteiger partial charge in [0.05, 0.1) is 0 Å². The Morgan fingerprint density at radius 3 is 1.89 bits per heavy atom. The van der Waals surface area contributed by atoms with E-state index in [1.165, 1.54) is 70.8 Å². The van der Waals surface area contributed by atoms with Gasteiger partial charge in [0.2, 0.25) is 0 Å². The molecular formula is C52H33GeN3S. The molecule has 1 aliphatic heterocycles. The molecule has 266 valence electrons. The number of hydrogen-bond acceptors (Lipinski definition) is 3. The summed E-state index contributed by atoms with van der Waals surface area (Å²) in [7, 11) is 0. The van der Waals surface area contributed by atoms with Crippen LogP contribution in [-0.4, -0.2) is 27.8 Å². The van der Waals surface area contributed by atoms with Gasteiger partial charge in [-0.25, -0.2) is 0 Å². The molecule has 3 nitrogen and oxygen atoms in total. The van der Waals surface area contributed by atoms with Crippen LogP contribution in [-0.2, 0) is 0 Å². The number of fused-ring (bicyclic) bond motifs is 10. The van der Waals surface area contributed by atoms with Crippen LogP contribution in [0, 0.1) is 0 Å². The van der Waals surface area contributed by atoms with E-state index in [4.69, 9.17) is 9.97 Å². The first-order valence-corrected chi connectivity index (χ1v) is 24.4. The second-order valence-corrected chi connectivity index (χ2v) is 23.6. The van der Waals surface area contributed by atoms with Crippen molar-refractivity contribution in [1.82, 2.24) is 14.5 Å². The minimum absolute atomic E-state index is 0.747. The van der Waals surface area contributed by atoms with Crippen molar-refractivity contribution in [1.29, 1.82) is 0 Å². The van der Waals surface area contributed by atoms with Crippen molar-refractivity contribution in [2.45, 2.75) is 0 Å². The van der Waals surface area contributed by atoms with Gasteiger partial charge in [-0.1, -0.05) is 12.1 Å². The second kappa shape index (κ2) is 12.7. The quantitative estimate of drug-likeness (QED) is 0.162. The first-order valence-electron chi connectivity index (χ1n) is 19.4. The van der Waals surface area contributed by atoms with Crippen LogP contribution >= 0.6 is 11.3 Å². The molecule has 3 aromatic heterocycles. The topological polar surface area (TPSA) is 30.7 Å². The monoisotopic (exact) mass is 805 g/mol. The van der Waals surface area contributed by atoms with Crippen molar-refractivity contribution in [3.05, 3.63) is 200 Å². The number of hydrogen-bond donors (Lipinski definition) is 0. The van der Waals surface area contributed by atoms with Crippen LogP contribution in [0.1, 0.15) is 0 Å². The van der Waals surface area contributed by atoms with Crippen molar-refractivity contribution in [2.75, 3.05) is 0 Å². The number of nitrogens with zero attached hydrogens (tertiary/aromatic N) is 3. The van der Waals surface area contributed by atoms with Crippen LogP contribution in [0.3, 0.4) is 0 Å². The van der Waals surface area contributed by atoms with E-state index in [-0.39, 0.29) is 0 Å². The molecule has 0 fully saturated rings. The molecule has 0 bridgehead atoms. The third-order valence-electron chi connectivity index (χ3n) is 11.9. The summed E-state index contributed by atoms with van der Waals surface area (Å²) in [5.74, 6) is 0.747. The Kier molecular flexibility index (Phi) is 7.28. The summed E-state index contributed by atoms with van der Waals surface area (Å²) in [5.41, 5.74) is 9.01. The Balaban J connectivity index is 1.16. The minimum atomic E-state index is -3.68. The summed E-state index contributed by atoms with van der Waals surface area (Å²) >= 11 is -1.80. The normalized spacial score (nSPS) is 13.1. The molecule has 0 N–H and O–H groups in total. The third kappa shape index (κ3) is 4.72. The van der Waals surface area contributed by atoms with E-state index < -0.39 is 13.3 Å². The van der Waals surface area contributed by atoms with E-state index in [0.717, 1.165) is 28.3 Å². The number of aromatic nitrogens is 3. The number of benzene rings is 8. The van der Waals surface area contributed by atoms with E-state index in [0.29, 0.717) is 0 Å². The van der Waals surface area contributed by atoms with Crippen molar-refractivity contribution < 1.29 is 0 Å². The van der Waals surface area contributed by atoms with Crippen LogP contribution in [0.5, 0.6) is 0 Å². The third-order valence-corrected chi connectivity index (χ3v) is 23.0. The van der Waals surface area contributed by atoms with Crippen LogP contribution < -0.4 is 17.7 Å². The molecule has 0 aliphatic carbocycles. The fourth-order valence-corrected chi connectivity index (χ4v) is 21.2. The van der Waals surface area contributed by atoms with Gasteiger partial charge in [0.25, 0.3) is 0 Å². The van der Waals surface area contributed by atoms with E-state index in [1.54, 1.807) is 0 Å². The Morgan fingerprint density at radius 1 is 0.474 bits per heavy atom.